The maximum absolute atomic E-state index is 6.16. The van der Waals surface area contributed by atoms with Gasteiger partial charge in [0.25, 0.3) is 0 Å². The molecule has 132 valence electrons. The summed E-state index contributed by atoms with van der Waals surface area (Å²) in [7, 11) is 3.11. The number of halogens is 1. The van der Waals surface area contributed by atoms with Gasteiger partial charge in [-0.05, 0) is 36.0 Å². The number of nitrogens with one attached hydrogen (secondary N) is 2. The van der Waals surface area contributed by atoms with Gasteiger partial charge in [-0.2, -0.15) is 0 Å². The van der Waals surface area contributed by atoms with Gasteiger partial charge in [0, 0.05) is 12.6 Å². The molecule has 0 amide bonds. The topological polar surface area (TPSA) is 61.0 Å². The molecule has 2 N–H and O–H groups in total. The van der Waals surface area contributed by atoms with E-state index in [-0.39, 0.29) is 6.79 Å². The number of hydrogen-bond acceptors (Lipinski definition) is 5. The SMILES string of the molecule is COc1cc(OC)c(NC(=S)NCc2ccc3c(c2)OCO3)cc1Cl. The number of hydrogen-bond donors (Lipinski definition) is 2. The number of anilines is 1. The van der Waals surface area contributed by atoms with Crippen molar-refractivity contribution in [2.24, 2.45) is 0 Å². The lowest BCUT2D eigenvalue weighted by Crippen LogP contribution is -2.28. The maximum atomic E-state index is 6.16. The fourth-order valence-electron chi connectivity index (χ4n) is 2.36. The first-order valence-corrected chi connectivity index (χ1v) is 8.24. The second-order valence-electron chi connectivity index (χ2n) is 5.18. The van der Waals surface area contributed by atoms with E-state index >= 15 is 0 Å². The van der Waals surface area contributed by atoms with Crippen molar-refractivity contribution in [3.8, 4) is 23.0 Å². The number of ether oxygens (including phenoxy) is 4. The summed E-state index contributed by atoms with van der Waals surface area (Å²) < 4.78 is 21.2. The summed E-state index contributed by atoms with van der Waals surface area (Å²) in [6, 6.07) is 9.15. The van der Waals surface area contributed by atoms with Crippen LogP contribution in [0.25, 0.3) is 0 Å². The highest BCUT2D eigenvalue weighted by atomic mass is 35.5. The molecule has 6 nitrogen and oxygen atoms in total. The molecule has 0 unspecified atom stereocenters. The van der Waals surface area contributed by atoms with Gasteiger partial charge in [-0.15, -0.1) is 0 Å². The van der Waals surface area contributed by atoms with Crippen LogP contribution in [0.1, 0.15) is 5.56 Å². The molecule has 0 saturated heterocycles. The Morgan fingerprint density at radius 2 is 1.88 bits per heavy atom. The van der Waals surface area contributed by atoms with Crippen LogP contribution in [0.5, 0.6) is 23.0 Å². The van der Waals surface area contributed by atoms with Crippen molar-refractivity contribution < 1.29 is 18.9 Å². The van der Waals surface area contributed by atoms with Crippen molar-refractivity contribution in [2.45, 2.75) is 6.54 Å². The van der Waals surface area contributed by atoms with Gasteiger partial charge in [-0.1, -0.05) is 17.7 Å². The van der Waals surface area contributed by atoms with Crippen LogP contribution in [-0.2, 0) is 6.54 Å². The van der Waals surface area contributed by atoms with E-state index in [0.29, 0.717) is 33.9 Å². The van der Waals surface area contributed by atoms with E-state index < -0.39 is 0 Å². The van der Waals surface area contributed by atoms with Crippen molar-refractivity contribution in [3.05, 3.63) is 40.9 Å². The van der Waals surface area contributed by atoms with Gasteiger partial charge in [0.15, 0.2) is 16.6 Å². The number of thiocarbonyl (C=S) groups is 1. The van der Waals surface area contributed by atoms with Crippen LogP contribution < -0.4 is 29.6 Å². The zero-order chi connectivity index (χ0) is 17.8. The molecule has 8 heteroatoms. The highest BCUT2D eigenvalue weighted by Gasteiger charge is 2.14. The lowest BCUT2D eigenvalue weighted by Gasteiger charge is -2.15. The summed E-state index contributed by atoms with van der Waals surface area (Å²) in [5.41, 5.74) is 1.67. The molecule has 0 spiro atoms. The van der Waals surface area contributed by atoms with Crippen LogP contribution in [0.2, 0.25) is 5.02 Å². The Morgan fingerprint density at radius 1 is 1.12 bits per heavy atom. The van der Waals surface area contributed by atoms with E-state index in [1.807, 2.05) is 18.2 Å². The van der Waals surface area contributed by atoms with Crippen LogP contribution in [-0.4, -0.2) is 26.1 Å². The smallest absolute Gasteiger partial charge is 0.231 e. The highest BCUT2D eigenvalue weighted by Crippen LogP contribution is 2.36. The van der Waals surface area contributed by atoms with Gasteiger partial charge in [0.1, 0.15) is 11.5 Å². The van der Waals surface area contributed by atoms with Gasteiger partial charge < -0.3 is 29.6 Å². The van der Waals surface area contributed by atoms with Crippen molar-refractivity contribution in [3.63, 3.8) is 0 Å². The zero-order valence-electron chi connectivity index (χ0n) is 13.7. The summed E-state index contributed by atoms with van der Waals surface area (Å²) >= 11 is 11.5. The summed E-state index contributed by atoms with van der Waals surface area (Å²) in [5.74, 6) is 2.60. The van der Waals surface area contributed by atoms with Gasteiger partial charge in [0.2, 0.25) is 6.79 Å². The molecular weight excluding hydrogens is 364 g/mol. The molecule has 25 heavy (non-hydrogen) atoms. The number of rotatable bonds is 5. The fourth-order valence-corrected chi connectivity index (χ4v) is 2.78. The summed E-state index contributed by atoms with van der Waals surface area (Å²) in [5, 5.41) is 7.11. The Balaban J connectivity index is 1.64. The van der Waals surface area contributed by atoms with Crippen LogP contribution in [0.3, 0.4) is 0 Å². The van der Waals surface area contributed by atoms with Crippen LogP contribution in [0.15, 0.2) is 30.3 Å². The standard InChI is InChI=1S/C17H17ClN2O4S/c1-21-14-7-15(22-2)12(6-11(14)18)20-17(25)19-8-10-3-4-13-16(5-10)24-9-23-13/h3-7H,8-9H2,1-2H3,(H2,19,20,25). The number of benzene rings is 2. The predicted octanol–water partition coefficient (Wildman–Crippen LogP) is 3.57. The van der Waals surface area contributed by atoms with E-state index in [2.05, 4.69) is 10.6 Å². The molecule has 1 heterocycles. The first-order chi connectivity index (χ1) is 12.1. The second kappa shape index (κ2) is 7.67. The first-order valence-electron chi connectivity index (χ1n) is 7.45. The maximum Gasteiger partial charge on any atom is 0.231 e. The van der Waals surface area contributed by atoms with E-state index in [9.17, 15) is 0 Å². The summed E-state index contributed by atoms with van der Waals surface area (Å²) in [6.45, 7) is 0.791. The molecule has 2 aromatic carbocycles. The van der Waals surface area contributed by atoms with Crippen LogP contribution in [0, 0.1) is 0 Å². The Morgan fingerprint density at radius 3 is 2.64 bits per heavy atom. The minimum Gasteiger partial charge on any atom is -0.495 e. The summed E-state index contributed by atoms with van der Waals surface area (Å²) in [4.78, 5) is 0. The molecular formula is C17H17ClN2O4S. The van der Waals surface area contributed by atoms with Gasteiger partial charge in [-0.25, -0.2) is 0 Å². The predicted molar refractivity (Wildman–Crippen MR) is 100 cm³/mol. The molecule has 0 radical (unpaired) electrons. The lowest BCUT2D eigenvalue weighted by atomic mass is 10.2. The second-order valence-corrected chi connectivity index (χ2v) is 6.00. The Labute approximate surface area is 156 Å². The van der Waals surface area contributed by atoms with Gasteiger partial charge >= 0.3 is 0 Å². The monoisotopic (exact) mass is 380 g/mol. The van der Waals surface area contributed by atoms with Gasteiger partial charge in [-0.3, -0.25) is 0 Å². The normalized spacial score (nSPS) is 11.8. The lowest BCUT2D eigenvalue weighted by molar-refractivity contribution is 0.174. The van der Waals surface area contributed by atoms with E-state index in [1.54, 1.807) is 26.4 Å². The fraction of sp³-hybridized carbons (Fsp3) is 0.235. The van der Waals surface area contributed by atoms with E-state index in [0.717, 1.165) is 17.1 Å². The Kier molecular flexibility index (Phi) is 5.35. The quantitative estimate of drug-likeness (QED) is 0.769. The molecule has 1 aliphatic heterocycles. The zero-order valence-corrected chi connectivity index (χ0v) is 15.3. The van der Waals surface area contributed by atoms with Crippen molar-refractivity contribution >= 4 is 34.6 Å². The van der Waals surface area contributed by atoms with Gasteiger partial charge in [0.05, 0.1) is 24.9 Å². The molecule has 1 aliphatic rings. The molecule has 2 aromatic rings. The van der Waals surface area contributed by atoms with Crippen LogP contribution >= 0.6 is 23.8 Å². The number of fused-ring (bicyclic) bond motifs is 1. The molecule has 0 bridgehead atoms. The third-order valence-corrected chi connectivity index (χ3v) is 4.15. The average molecular weight is 381 g/mol. The average Bonchev–Trinajstić information content (AvgIpc) is 3.08. The molecule has 0 fully saturated rings. The minimum atomic E-state index is 0.254. The molecule has 3 rings (SSSR count). The summed E-state index contributed by atoms with van der Waals surface area (Å²) in [6.07, 6.45) is 0. The number of methoxy groups -OCH3 is 2. The van der Waals surface area contributed by atoms with Crippen molar-refractivity contribution in [1.29, 1.82) is 0 Å². The van der Waals surface area contributed by atoms with E-state index in [4.69, 9.17) is 42.8 Å². The Bertz CT molecular complexity index is 800. The third kappa shape index (κ3) is 4.00. The third-order valence-electron chi connectivity index (χ3n) is 3.61. The molecule has 0 atom stereocenters. The highest BCUT2D eigenvalue weighted by molar-refractivity contribution is 7.80. The van der Waals surface area contributed by atoms with Crippen molar-refractivity contribution in [2.75, 3.05) is 26.3 Å². The molecule has 0 aliphatic carbocycles. The van der Waals surface area contributed by atoms with E-state index in [1.165, 1.54) is 0 Å². The molecule has 0 saturated carbocycles. The molecule has 0 aromatic heterocycles. The minimum absolute atomic E-state index is 0.254. The first kappa shape index (κ1) is 17.4. The largest absolute Gasteiger partial charge is 0.495 e. The van der Waals surface area contributed by atoms with Crippen molar-refractivity contribution in [1.82, 2.24) is 5.32 Å². The van der Waals surface area contributed by atoms with Crippen LogP contribution in [0.4, 0.5) is 5.69 Å². The Hall–Kier alpha value is -2.38.